The summed E-state index contributed by atoms with van der Waals surface area (Å²) in [5.74, 6) is -1.43. The number of nitrogens with zero attached hydrogens (tertiary/aromatic N) is 3. The standard InChI is InChI=1S/C24H33N3O6/c1-25(20(17-5-3-2-4-6-17)14-26-10-9-18(28)13-26)22(29)12-16-7-8-21-19(11-16)27(15-23(30)31)24(32)33-21/h7-8,11,17-18,20,28H,2-6,9-10,12-15H2,1H3,(H,30,31)/t18-,20-/m1/s1. The van der Waals surface area contributed by atoms with Crippen molar-refractivity contribution in [2.45, 2.75) is 63.6 Å². The number of likely N-dealkylation sites (N-methyl/N-ethyl adjacent to an activating group) is 1. The highest BCUT2D eigenvalue weighted by atomic mass is 16.4. The van der Waals surface area contributed by atoms with Crippen LogP contribution in [-0.2, 0) is 22.6 Å². The molecule has 1 aromatic carbocycles. The Morgan fingerprint density at radius 3 is 2.64 bits per heavy atom. The van der Waals surface area contributed by atoms with Crippen LogP contribution in [0.2, 0.25) is 0 Å². The van der Waals surface area contributed by atoms with E-state index in [0.717, 1.165) is 36.9 Å². The number of carboxylic acids is 1. The van der Waals surface area contributed by atoms with Gasteiger partial charge in [0.1, 0.15) is 6.54 Å². The van der Waals surface area contributed by atoms with Crippen molar-refractivity contribution in [1.29, 1.82) is 0 Å². The molecule has 0 spiro atoms. The fourth-order valence-electron chi connectivity index (χ4n) is 5.34. The molecule has 9 heteroatoms. The van der Waals surface area contributed by atoms with Crippen LogP contribution in [0.4, 0.5) is 0 Å². The number of aromatic nitrogens is 1. The van der Waals surface area contributed by atoms with E-state index in [2.05, 4.69) is 4.90 Å². The molecule has 1 aliphatic heterocycles. The van der Waals surface area contributed by atoms with E-state index in [9.17, 15) is 19.5 Å². The molecule has 1 saturated carbocycles. The second-order valence-corrected chi connectivity index (χ2v) is 9.50. The summed E-state index contributed by atoms with van der Waals surface area (Å²) in [6.45, 7) is 1.78. The lowest BCUT2D eigenvalue weighted by atomic mass is 9.83. The zero-order chi connectivity index (χ0) is 23.5. The number of likely N-dealkylation sites (tertiary alicyclic amines) is 1. The van der Waals surface area contributed by atoms with Crippen molar-refractivity contribution in [3.63, 3.8) is 0 Å². The number of hydrogen-bond donors (Lipinski definition) is 2. The van der Waals surface area contributed by atoms with E-state index < -0.39 is 18.3 Å². The summed E-state index contributed by atoms with van der Waals surface area (Å²) in [7, 11) is 1.87. The van der Waals surface area contributed by atoms with Crippen molar-refractivity contribution in [2.75, 3.05) is 26.7 Å². The van der Waals surface area contributed by atoms with Crippen molar-refractivity contribution in [3.05, 3.63) is 34.3 Å². The smallest absolute Gasteiger partial charge is 0.420 e. The first-order chi connectivity index (χ1) is 15.8. The molecule has 9 nitrogen and oxygen atoms in total. The number of benzene rings is 1. The Morgan fingerprint density at radius 1 is 1.21 bits per heavy atom. The van der Waals surface area contributed by atoms with E-state index >= 15 is 0 Å². The average molecular weight is 460 g/mol. The molecule has 1 aromatic heterocycles. The molecule has 2 atom stereocenters. The molecule has 33 heavy (non-hydrogen) atoms. The normalized spacial score (nSPS) is 20.8. The molecule has 2 aliphatic rings. The quantitative estimate of drug-likeness (QED) is 0.617. The number of fused-ring (bicyclic) bond motifs is 1. The SMILES string of the molecule is CN(C(=O)Cc1ccc2oc(=O)n(CC(=O)O)c2c1)[C@H](CN1CC[C@@H](O)C1)C1CCCCC1. The number of β-amino-alcohol motifs (C(OH)–C–C–N with tert-alkyl or cyclic N) is 1. The maximum Gasteiger partial charge on any atom is 0.420 e. The molecule has 0 bridgehead atoms. The minimum atomic E-state index is -1.14. The number of oxazole rings is 1. The number of carbonyl (C=O) groups is 2. The van der Waals surface area contributed by atoms with Gasteiger partial charge in [-0.2, -0.15) is 0 Å². The first-order valence-electron chi connectivity index (χ1n) is 11.8. The summed E-state index contributed by atoms with van der Waals surface area (Å²) < 4.78 is 6.20. The van der Waals surface area contributed by atoms with E-state index in [1.165, 1.54) is 19.3 Å². The number of aliphatic hydroxyl groups is 1. The molecule has 0 unspecified atom stereocenters. The summed E-state index contributed by atoms with van der Waals surface area (Å²) in [5.41, 5.74) is 1.39. The van der Waals surface area contributed by atoms with Crippen LogP contribution >= 0.6 is 0 Å². The molecule has 2 heterocycles. The lowest BCUT2D eigenvalue weighted by molar-refractivity contribution is -0.137. The van der Waals surface area contributed by atoms with Crippen molar-refractivity contribution >= 4 is 23.0 Å². The van der Waals surface area contributed by atoms with Crippen LogP contribution in [0.3, 0.4) is 0 Å². The van der Waals surface area contributed by atoms with Crippen molar-refractivity contribution < 1.29 is 24.2 Å². The Hall–Kier alpha value is -2.65. The van der Waals surface area contributed by atoms with E-state index in [-0.39, 0.29) is 24.5 Å². The number of aliphatic hydroxyl groups excluding tert-OH is 1. The fraction of sp³-hybridized carbons (Fsp3) is 0.625. The highest BCUT2D eigenvalue weighted by Gasteiger charge is 2.33. The van der Waals surface area contributed by atoms with E-state index in [1.54, 1.807) is 18.2 Å². The summed E-state index contributed by atoms with van der Waals surface area (Å²) in [5, 5.41) is 19.0. The number of carboxylic acid groups (broad SMARTS) is 1. The molecule has 180 valence electrons. The van der Waals surface area contributed by atoms with Gasteiger partial charge in [0.15, 0.2) is 5.58 Å². The van der Waals surface area contributed by atoms with Gasteiger partial charge in [0, 0.05) is 32.7 Å². The van der Waals surface area contributed by atoms with E-state index in [1.807, 2.05) is 11.9 Å². The highest BCUT2D eigenvalue weighted by Crippen LogP contribution is 2.30. The highest BCUT2D eigenvalue weighted by molar-refractivity contribution is 5.82. The minimum absolute atomic E-state index is 0.0136. The summed E-state index contributed by atoms with van der Waals surface area (Å²) in [6, 6.07) is 5.11. The van der Waals surface area contributed by atoms with E-state index in [0.29, 0.717) is 29.1 Å². The molecule has 2 aromatic rings. The monoisotopic (exact) mass is 459 g/mol. The molecule has 1 amide bonds. The van der Waals surface area contributed by atoms with Gasteiger partial charge < -0.3 is 19.5 Å². The van der Waals surface area contributed by atoms with Crippen LogP contribution in [-0.4, -0.2) is 75.3 Å². The first-order valence-corrected chi connectivity index (χ1v) is 11.8. The maximum absolute atomic E-state index is 13.3. The predicted octanol–water partition coefficient (Wildman–Crippen LogP) is 1.70. The van der Waals surface area contributed by atoms with Gasteiger partial charge in [-0.05, 0) is 42.9 Å². The predicted molar refractivity (Wildman–Crippen MR) is 122 cm³/mol. The molecule has 0 radical (unpaired) electrons. The summed E-state index contributed by atoms with van der Waals surface area (Å²) in [6.07, 6.45) is 6.48. The molecule has 1 aliphatic carbocycles. The van der Waals surface area contributed by atoms with Crippen LogP contribution in [0.5, 0.6) is 0 Å². The van der Waals surface area contributed by atoms with Crippen LogP contribution in [0.15, 0.2) is 27.4 Å². The lowest BCUT2D eigenvalue weighted by Crippen LogP contribution is -2.49. The average Bonchev–Trinajstić information content (AvgIpc) is 3.34. The molecule has 4 rings (SSSR count). The van der Waals surface area contributed by atoms with E-state index in [4.69, 9.17) is 9.52 Å². The van der Waals surface area contributed by atoms with Crippen molar-refractivity contribution in [1.82, 2.24) is 14.4 Å². The Kier molecular flexibility index (Phi) is 7.19. The summed E-state index contributed by atoms with van der Waals surface area (Å²) in [4.78, 5) is 40.6. The zero-order valence-electron chi connectivity index (χ0n) is 19.1. The van der Waals surface area contributed by atoms with Crippen LogP contribution in [0, 0.1) is 5.92 Å². The van der Waals surface area contributed by atoms with Crippen molar-refractivity contribution in [3.8, 4) is 0 Å². The summed E-state index contributed by atoms with van der Waals surface area (Å²) >= 11 is 0. The van der Waals surface area contributed by atoms with Gasteiger partial charge in [0.25, 0.3) is 0 Å². The molecule has 2 fully saturated rings. The fourth-order valence-corrected chi connectivity index (χ4v) is 5.34. The van der Waals surface area contributed by atoms with Gasteiger partial charge in [-0.3, -0.25) is 19.1 Å². The van der Waals surface area contributed by atoms with Gasteiger partial charge in [-0.25, -0.2) is 4.79 Å². The number of hydrogen-bond acceptors (Lipinski definition) is 6. The third kappa shape index (κ3) is 5.47. The van der Waals surface area contributed by atoms with Gasteiger partial charge in [0.2, 0.25) is 5.91 Å². The van der Waals surface area contributed by atoms with Gasteiger partial charge in [-0.1, -0.05) is 25.3 Å². The maximum atomic E-state index is 13.3. The van der Waals surface area contributed by atoms with Crippen molar-refractivity contribution in [2.24, 2.45) is 5.92 Å². The first kappa shape index (κ1) is 23.5. The minimum Gasteiger partial charge on any atom is -0.480 e. The van der Waals surface area contributed by atoms with Gasteiger partial charge >= 0.3 is 11.7 Å². The van der Waals surface area contributed by atoms with Crippen LogP contribution in [0.25, 0.3) is 11.1 Å². The largest absolute Gasteiger partial charge is 0.480 e. The second-order valence-electron chi connectivity index (χ2n) is 9.50. The van der Waals surface area contributed by atoms with Gasteiger partial charge in [-0.15, -0.1) is 0 Å². The lowest BCUT2D eigenvalue weighted by Gasteiger charge is -2.39. The second kappa shape index (κ2) is 10.1. The third-order valence-corrected chi connectivity index (χ3v) is 7.16. The topological polar surface area (TPSA) is 116 Å². The van der Waals surface area contributed by atoms with Crippen LogP contribution < -0.4 is 5.76 Å². The third-order valence-electron chi connectivity index (χ3n) is 7.16. The zero-order valence-corrected chi connectivity index (χ0v) is 19.1. The Labute approximate surface area is 192 Å². The molecule has 1 saturated heterocycles. The molecule has 2 N–H and O–H groups in total. The Bertz CT molecular complexity index is 1050. The Balaban J connectivity index is 1.51. The molecular formula is C24H33N3O6. The number of carbonyl (C=O) groups excluding carboxylic acids is 1. The number of rotatable bonds is 8. The van der Waals surface area contributed by atoms with Crippen LogP contribution in [0.1, 0.15) is 44.1 Å². The molecular weight excluding hydrogens is 426 g/mol. The number of aliphatic carboxylic acids is 1. The number of amides is 1. The Morgan fingerprint density at radius 2 is 1.97 bits per heavy atom. The van der Waals surface area contributed by atoms with Gasteiger partial charge in [0.05, 0.1) is 18.0 Å².